The molecule has 1 atom stereocenters. The van der Waals surface area contributed by atoms with Gasteiger partial charge >= 0.3 is 0 Å². The van der Waals surface area contributed by atoms with Crippen LogP contribution in [0.1, 0.15) is 29.5 Å². The number of rotatable bonds is 4. The van der Waals surface area contributed by atoms with E-state index in [9.17, 15) is 5.26 Å². The molecule has 0 saturated heterocycles. The molecular weight excluding hydrogens is 348 g/mol. The molecule has 0 radical (unpaired) electrons. The van der Waals surface area contributed by atoms with Crippen molar-refractivity contribution in [1.29, 1.82) is 5.26 Å². The van der Waals surface area contributed by atoms with Gasteiger partial charge in [-0.15, -0.1) is 0 Å². The lowest BCUT2D eigenvalue weighted by Crippen LogP contribution is -2.16. The van der Waals surface area contributed by atoms with Gasteiger partial charge in [0.05, 0.1) is 12.5 Å². The largest absolute Gasteiger partial charge is 0.483 e. The molecule has 28 heavy (non-hydrogen) atoms. The molecule has 1 aliphatic heterocycles. The molecule has 0 aliphatic carbocycles. The van der Waals surface area contributed by atoms with Crippen LogP contribution in [0.15, 0.2) is 77.1 Å². The van der Waals surface area contributed by atoms with Crippen molar-refractivity contribution in [2.24, 2.45) is 4.99 Å². The van der Waals surface area contributed by atoms with Gasteiger partial charge in [0.15, 0.2) is 6.40 Å². The van der Waals surface area contributed by atoms with Gasteiger partial charge in [-0.2, -0.15) is 10.3 Å². The average molecular weight is 368 g/mol. The van der Waals surface area contributed by atoms with Gasteiger partial charge in [-0.1, -0.05) is 60.2 Å². The van der Waals surface area contributed by atoms with E-state index in [0.29, 0.717) is 17.9 Å². The van der Waals surface area contributed by atoms with Gasteiger partial charge in [-0.05, 0) is 36.2 Å². The van der Waals surface area contributed by atoms with E-state index in [1.54, 1.807) is 0 Å². The van der Waals surface area contributed by atoms with Gasteiger partial charge in [-0.25, -0.2) is 0 Å². The van der Waals surface area contributed by atoms with Crippen LogP contribution in [0.2, 0.25) is 0 Å². The summed E-state index contributed by atoms with van der Waals surface area (Å²) in [4.78, 5) is 4.29. The SMILES string of the molecule is CCOC=NC1=C(C#N)C(c2ccc(C)cc2)c2c(ccc3ccccc23)O1. The van der Waals surface area contributed by atoms with E-state index in [2.05, 4.69) is 54.4 Å². The first-order chi connectivity index (χ1) is 13.7. The first-order valence-corrected chi connectivity index (χ1v) is 9.27. The van der Waals surface area contributed by atoms with E-state index >= 15 is 0 Å². The van der Waals surface area contributed by atoms with Gasteiger partial charge in [0.2, 0.25) is 5.88 Å². The summed E-state index contributed by atoms with van der Waals surface area (Å²) < 4.78 is 11.3. The number of hydrogen-bond acceptors (Lipinski definition) is 4. The maximum absolute atomic E-state index is 10.00. The minimum absolute atomic E-state index is 0.255. The average Bonchev–Trinajstić information content (AvgIpc) is 2.73. The number of aryl methyl sites for hydroxylation is 1. The Morgan fingerprint density at radius 1 is 1.11 bits per heavy atom. The van der Waals surface area contributed by atoms with Crippen molar-refractivity contribution in [2.75, 3.05) is 6.61 Å². The number of aliphatic imine (C=N–C) groups is 1. The van der Waals surface area contributed by atoms with Crippen molar-refractivity contribution in [3.8, 4) is 11.8 Å². The number of benzene rings is 3. The molecule has 0 spiro atoms. The molecule has 1 heterocycles. The fourth-order valence-electron chi connectivity index (χ4n) is 3.55. The second-order valence-corrected chi connectivity index (χ2v) is 6.66. The molecule has 4 rings (SSSR count). The summed E-state index contributed by atoms with van der Waals surface area (Å²) in [6, 6.07) is 22.7. The molecule has 0 saturated carbocycles. The van der Waals surface area contributed by atoms with E-state index in [1.807, 2.05) is 31.2 Å². The van der Waals surface area contributed by atoms with E-state index < -0.39 is 0 Å². The zero-order valence-corrected chi connectivity index (χ0v) is 15.8. The fourth-order valence-corrected chi connectivity index (χ4v) is 3.55. The highest BCUT2D eigenvalue weighted by atomic mass is 16.5. The van der Waals surface area contributed by atoms with Gasteiger partial charge < -0.3 is 9.47 Å². The van der Waals surface area contributed by atoms with Crippen molar-refractivity contribution in [3.05, 3.63) is 88.8 Å². The van der Waals surface area contributed by atoms with Gasteiger partial charge in [-0.3, -0.25) is 0 Å². The van der Waals surface area contributed by atoms with Crippen LogP contribution in [0, 0.1) is 18.3 Å². The van der Waals surface area contributed by atoms with Crippen LogP contribution in [-0.4, -0.2) is 13.0 Å². The first-order valence-electron chi connectivity index (χ1n) is 9.27. The normalized spacial score (nSPS) is 16.0. The standard InChI is InChI=1S/C24H20N2O2/c1-3-27-15-26-24-20(14-25)22(18-10-8-16(2)9-11-18)23-19-7-5-4-6-17(19)12-13-21(23)28-24/h4-13,15,22H,3H2,1-2H3. The Morgan fingerprint density at radius 2 is 1.89 bits per heavy atom. The molecule has 0 aromatic heterocycles. The summed E-state index contributed by atoms with van der Waals surface area (Å²) in [6.45, 7) is 4.43. The minimum Gasteiger partial charge on any atom is -0.483 e. The lowest BCUT2D eigenvalue weighted by molar-refractivity contribution is 0.336. The molecule has 0 N–H and O–H groups in total. The predicted molar refractivity (Wildman–Crippen MR) is 110 cm³/mol. The number of nitrogens with zero attached hydrogens (tertiary/aromatic N) is 2. The summed E-state index contributed by atoms with van der Waals surface area (Å²) in [5.74, 6) is 0.741. The number of allylic oxidation sites excluding steroid dienone is 1. The number of fused-ring (bicyclic) bond motifs is 3. The topological polar surface area (TPSA) is 54.6 Å². The van der Waals surface area contributed by atoms with Crippen molar-refractivity contribution >= 4 is 17.2 Å². The summed E-state index contributed by atoms with van der Waals surface area (Å²) in [7, 11) is 0. The van der Waals surface area contributed by atoms with Gasteiger partial charge in [0.25, 0.3) is 0 Å². The molecule has 0 fully saturated rings. The van der Waals surface area contributed by atoms with Crippen LogP contribution in [0.25, 0.3) is 10.8 Å². The summed E-state index contributed by atoms with van der Waals surface area (Å²) >= 11 is 0. The third kappa shape index (κ3) is 3.12. The molecule has 1 unspecified atom stereocenters. The number of hydrogen-bond donors (Lipinski definition) is 0. The van der Waals surface area contributed by atoms with Crippen LogP contribution in [0.5, 0.6) is 5.75 Å². The monoisotopic (exact) mass is 368 g/mol. The van der Waals surface area contributed by atoms with Gasteiger partial charge in [0, 0.05) is 5.56 Å². The van der Waals surface area contributed by atoms with Crippen LogP contribution in [0.4, 0.5) is 0 Å². The molecule has 3 aromatic rings. The zero-order chi connectivity index (χ0) is 19.5. The molecule has 138 valence electrons. The fraction of sp³-hybridized carbons (Fsp3) is 0.167. The summed E-state index contributed by atoms with van der Waals surface area (Å²) in [5.41, 5.74) is 3.68. The molecule has 0 bridgehead atoms. The number of nitriles is 1. The molecule has 4 nitrogen and oxygen atoms in total. The Hall–Kier alpha value is -3.58. The Morgan fingerprint density at radius 3 is 2.64 bits per heavy atom. The molecule has 3 aromatic carbocycles. The van der Waals surface area contributed by atoms with Crippen molar-refractivity contribution < 1.29 is 9.47 Å². The van der Waals surface area contributed by atoms with E-state index in [0.717, 1.165) is 21.9 Å². The first kappa shape index (κ1) is 17.8. The Balaban J connectivity index is 1.98. The number of ether oxygens (including phenoxy) is 2. The highest BCUT2D eigenvalue weighted by molar-refractivity contribution is 5.90. The quantitative estimate of drug-likeness (QED) is 0.453. The van der Waals surface area contributed by atoms with Crippen molar-refractivity contribution in [3.63, 3.8) is 0 Å². The van der Waals surface area contributed by atoms with Crippen molar-refractivity contribution in [2.45, 2.75) is 19.8 Å². The molecule has 4 heteroatoms. The third-order valence-electron chi connectivity index (χ3n) is 4.89. The summed E-state index contributed by atoms with van der Waals surface area (Å²) in [6.07, 6.45) is 1.34. The molecule has 0 amide bonds. The maximum atomic E-state index is 10.00. The van der Waals surface area contributed by atoms with E-state index in [4.69, 9.17) is 9.47 Å². The second-order valence-electron chi connectivity index (χ2n) is 6.66. The highest BCUT2D eigenvalue weighted by Crippen LogP contribution is 2.46. The van der Waals surface area contributed by atoms with Crippen LogP contribution in [0.3, 0.4) is 0 Å². The Kier molecular flexibility index (Phi) is 4.82. The van der Waals surface area contributed by atoms with Crippen LogP contribution in [-0.2, 0) is 4.74 Å². The van der Waals surface area contributed by atoms with Crippen LogP contribution >= 0.6 is 0 Å². The molecular formula is C24H20N2O2. The van der Waals surface area contributed by atoms with Crippen molar-refractivity contribution in [1.82, 2.24) is 0 Å². The zero-order valence-electron chi connectivity index (χ0n) is 15.8. The summed E-state index contributed by atoms with van der Waals surface area (Å²) in [5, 5.41) is 12.2. The lowest BCUT2D eigenvalue weighted by atomic mass is 9.81. The Labute approximate surface area is 164 Å². The third-order valence-corrected chi connectivity index (χ3v) is 4.89. The maximum Gasteiger partial charge on any atom is 0.236 e. The van der Waals surface area contributed by atoms with Crippen LogP contribution < -0.4 is 4.74 Å². The smallest absolute Gasteiger partial charge is 0.236 e. The molecule has 1 aliphatic rings. The highest BCUT2D eigenvalue weighted by Gasteiger charge is 2.33. The van der Waals surface area contributed by atoms with E-state index in [-0.39, 0.29) is 11.8 Å². The minimum atomic E-state index is -0.255. The second kappa shape index (κ2) is 7.58. The Bertz CT molecular complexity index is 1120. The van der Waals surface area contributed by atoms with Gasteiger partial charge in [0.1, 0.15) is 17.4 Å². The lowest BCUT2D eigenvalue weighted by Gasteiger charge is -2.27. The van der Waals surface area contributed by atoms with E-state index in [1.165, 1.54) is 12.0 Å². The predicted octanol–water partition coefficient (Wildman–Crippen LogP) is 5.47.